The topological polar surface area (TPSA) is 83.9 Å². The number of nitro groups is 1. The molecule has 6 heteroatoms. The molecular formula is C8H14N4O2. The lowest BCUT2D eigenvalue weighted by Gasteiger charge is -2.21. The van der Waals surface area contributed by atoms with Crippen molar-refractivity contribution in [1.82, 2.24) is 15.5 Å². The third-order valence-electron chi connectivity index (χ3n) is 2.11. The van der Waals surface area contributed by atoms with Crippen LogP contribution in [0.3, 0.4) is 0 Å². The summed E-state index contributed by atoms with van der Waals surface area (Å²) in [6.07, 6.45) is 0.647. The third-order valence-corrected chi connectivity index (χ3v) is 2.11. The maximum absolute atomic E-state index is 10.4. The summed E-state index contributed by atoms with van der Waals surface area (Å²) >= 11 is 0. The molecule has 0 bridgehead atoms. The highest BCUT2D eigenvalue weighted by atomic mass is 16.6. The highest BCUT2D eigenvalue weighted by molar-refractivity contribution is 5.21. The molecule has 6 nitrogen and oxygen atoms in total. The number of likely N-dealkylation sites (N-methyl/N-ethyl adjacent to an activating group) is 1. The second-order valence-electron chi connectivity index (χ2n) is 3.81. The molecule has 1 rings (SSSR count). The van der Waals surface area contributed by atoms with Crippen molar-refractivity contribution in [3.05, 3.63) is 21.9 Å². The monoisotopic (exact) mass is 198 g/mol. The normalized spacial score (nSPS) is 11.6. The predicted octanol–water partition coefficient (Wildman–Crippen LogP) is 0.858. The van der Waals surface area contributed by atoms with Crippen LogP contribution in [0.2, 0.25) is 0 Å². The first-order valence-corrected chi connectivity index (χ1v) is 4.32. The first-order valence-electron chi connectivity index (χ1n) is 4.32. The van der Waals surface area contributed by atoms with E-state index < -0.39 is 4.92 Å². The summed E-state index contributed by atoms with van der Waals surface area (Å²) in [5.74, 6) is -0.0631. The van der Waals surface area contributed by atoms with Gasteiger partial charge in [0.15, 0.2) is 0 Å². The standard InChI is InChI=1S/C8H14N4O2/c1-8(2,9-3)5-6-4-7(11-10-6)12(13)14/h4,9H,5H2,1-3H3,(H,10,11). The minimum Gasteiger partial charge on any atom is -0.358 e. The van der Waals surface area contributed by atoms with Crippen LogP contribution in [0.1, 0.15) is 19.5 Å². The Hall–Kier alpha value is -1.43. The van der Waals surface area contributed by atoms with Gasteiger partial charge in [-0.1, -0.05) is 5.10 Å². The summed E-state index contributed by atoms with van der Waals surface area (Å²) in [7, 11) is 1.85. The molecule has 0 saturated carbocycles. The number of aromatic nitrogens is 2. The van der Waals surface area contributed by atoms with E-state index in [0.717, 1.165) is 0 Å². The van der Waals surface area contributed by atoms with Crippen LogP contribution in [0.5, 0.6) is 0 Å². The van der Waals surface area contributed by atoms with Crippen molar-refractivity contribution in [2.75, 3.05) is 7.05 Å². The zero-order chi connectivity index (χ0) is 10.8. The van der Waals surface area contributed by atoms with E-state index in [1.807, 2.05) is 20.9 Å². The molecule has 0 fully saturated rings. The maximum Gasteiger partial charge on any atom is 0.342 e. The Morgan fingerprint density at radius 1 is 1.71 bits per heavy atom. The first kappa shape index (κ1) is 10.6. The van der Waals surface area contributed by atoms with Gasteiger partial charge in [-0.3, -0.25) is 0 Å². The number of hydrogen-bond donors (Lipinski definition) is 2. The van der Waals surface area contributed by atoms with Crippen molar-refractivity contribution < 1.29 is 4.92 Å². The molecule has 14 heavy (non-hydrogen) atoms. The Labute approximate surface area is 81.9 Å². The van der Waals surface area contributed by atoms with Crippen LogP contribution in [0.25, 0.3) is 0 Å². The van der Waals surface area contributed by atoms with Gasteiger partial charge in [-0.05, 0) is 25.8 Å². The van der Waals surface area contributed by atoms with E-state index >= 15 is 0 Å². The van der Waals surface area contributed by atoms with Gasteiger partial charge in [0, 0.05) is 12.0 Å². The zero-order valence-electron chi connectivity index (χ0n) is 8.50. The van der Waals surface area contributed by atoms with Crippen LogP contribution in [0.4, 0.5) is 5.82 Å². The summed E-state index contributed by atoms with van der Waals surface area (Å²) in [6.45, 7) is 4.01. The smallest absolute Gasteiger partial charge is 0.342 e. The van der Waals surface area contributed by atoms with Crippen LogP contribution in [0.15, 0.2) is 6.07 Å². The summed E-state index contributed by atoms with van der Waals surface area (Å²) < 4.78 is 0. The van der Waals surface area contributed by atoms with Crippen molar-refractivity contribution in [3.63, 3.8) is 0 Å². The van der Waals surface area contributed by atoms with E-state index in [-0.39, 0.29) is 11.4 Å². The average Bonchev–Trinajstić information content (AvgIpc) is 2.52. The van der Waals surface area contributed by atoms with Gasteiger partial charge in [-0.2, -0.15) is 0 Å². The van der Waals surface area contributed by atoms with Crippen molar-refractivity contribution in [1.29, 1.82) is 0 Å². The number of hydrogen-bond acceptors (Lipinski definition) is 4. The molecule has 1 aromatic heterocycles. The molecule has 0 spiro atoms. The van der Waals surface area contributed by atoms with Crippen LogP contribution < -0.4 is 5.32 Å². The largest absolute Gasteiger partial charge is 0.358 e. The van der Waals surface area contributed by atoms with E-state index in [1.165, 1.54) is 6.07 Å². The number of rotatable bonds is 4. The van der Waals surface area contributed by atoms with E-state index in [9.17, 15) is 10.1 Å². The SMILES string of the molecule is CNC(C)(C)Cc1cc([N+](=O)[O-])[nH]n1. The van der Waals surface area contributed by atoms with Crippen LogP contribution >= 0.6 is 0 Å². The second kappa shape index (κ2) is 3.75. The fourth-order valence-electron chi connectivity index (χ4n) is 1.08. The summed E-state index contributed by atoms with van der Waals surface area (Å²) in [5, 5.41) is 19.7. The molecule has 0 aliphatic heterocycles. The number of aromatic amines is 1. The summed E-state index contributed by atoms with van der Waals surface area (Å²) in [5.41, 5.74) is 0.583. The van der Waals surface area contributed by atoms with Crippen LogP contribution in [0, 0.1) is 10.1 Å². The average molecular weight is 198 g/mol. The molecule has 0 aromatic carbocycles. The van der Waals surface area contributed by atoms with Gasteiger partial charge >= 0.3 is 5.82 Å². The van der Waals surface area contributed by atoms with Gasteiger partial charge in [-0.25, -0.2) is 0 Å². The Balaban J connectivity index is 2.73. The van der Waals surface area contributed by atoms with Crippen molar-refractivity contribution in [3.8, 4) is 0 Å². The Kier molecular flexibility index (Phi) is 2.85. The minimum atomic E-state index is -0.483. The van der Waals surface area contributed by atoms with E-state index in [4.69, 9.17) is 0 Å². The molecular weight excluding hydrogens is 184 g/mol. The quantitative estimate of drug-likeness (QED) is 0.555. The molecule has 1 aromatic rings. The van der Waals surface area contributed by atoms with Gasteiger partial charge < -0.3 is 15.4 Å². The second-order valence-corrected chi connectivity index (χ2v) is 3.81. The maximum atomic E-state index is 10.4. The molecule has 1 heterocycles. The predicted molar refractivity (Wildman–Crippen MR) is 52.1 cm³/mol. The fourth-order valence-corrected chi connectivity index (χ4v) is 1.08. The first-order chi connectivity index (χ1) is 6.44. The fraction of sp³-hybridized carbons (Fsp3) is 0.625. The van der Waals surface area contributed by atoms with Gasteiger partial charge in [0.1, 0.15) is 0 Å². The van der Waals surface area contributed by atoms with E-state index in [2.05, 4.69) is 15.5 Å². The molecule has 0 amide bonds. The number of nitrogens with one attached hydrogen (secondary N) is 2. The van der Waals surface area contributed by atoms with Crippen LogP contribution in [-0.2, 0) is 6.42 Å². The number of nitrogens with zero attached hydrogens (tertiary/aromatic N) is 2. The molecule has 78 valence electrons. The van der Waals surface area contributed by atoms with Crippen molar-refractivity contribution >= 4 is 5.82 Å². The molecule has 0 radical (unpaired) electrons. The van der Waals surface area contributed by atoms with Gasteiger partial charge in [0.25, 0.3) is 0 Å². The number of H-pyrrole nitrogens is 1. The molecule has 0 atom stereocenters. The Morgan fingerprint density at radius 3 is 2.79 bits per heavy atom. The lowest BCUT2D eigenvalue weighted by atomic mass is 9.99. The summed E-state index contributed by atoms with van der Waals surface area (Å²) in [4.78, 5) is 9.88. The highest BCUT2D eigenvalue weighted by Crippen LogP contribution is 2.14. The molecule has 0 aliphatic carbocycles. The minimum absolute atomic E-state index is 0.0631. The lowest BCUT2D eigenvalue weighted by molar-refractivity contribution is -0.389. The lowest BCUT2D eigenvalue weighted by Crippen LogP contribution is -2.38. The van der Waals surface area contributed by atoms with Gasteiger partial charge in [0.05, 0.1) is 11.8 Å². The van der Waals surface area contributed by atoms with Crippen molar-refractivity contribution in [2.24, 2.45) is 0 Å². The molecule has 0 saturated heterocycles. The highest BCUT2D eigenvalue weighted by Gasteiger charge is 2.19. The Morgan fingerprint density at radius 2 is 2.36 bits per heavy atom. The van der Waals surface area contributed by atoms with Crippen LogP contribution in [-0.4, -0.2) is 27.7 Å². The van der Waals surface area contributed by atoms with Crippen molar-refractivity contribution in [2.45, 2.75) is 25.8 Å². The summed E-state index contributed by atoms with van der Waals surface area (Å²) in [6, 6.07) is 1.46. The Bertz CT molecular complexity index is 332. The van der Waals surface area contributed by atoms with E-state index in [1.54, 1.807) is 0 Å². The van der Waals surface area contributed by atoms with E-state index in [0.29, 0.717) is 12.1 Å². The third kappa shape index (κ3) is 2.53. The zero-order valence-corrected chi connectivity index (χ0v) is 8.50. The van der Waals surface area contributed by atoms with Gasteiger partial charge in [-0.15, -0.1) is 5.10 Å². The molecule has 0 aliphatic rings. The molecule has 0 unspecified atom stereocenters. The van der Waals surface area contributed by atoms with Gasteiger partial charge in [0.2, 0.25) is 0 Å². The molecule has 2 N–H and O–H groups in total.